The van der Waals surface area contributed by atoms with E-state index >= 15 is 0 Å². The van der Waals surface area contributed by atoms with Crippen LogP contribution in [0.5, 0.6) is 0 Å². The zero-order valence-electron chi connectivity index (χ0n) is 14.9. The lowest BCUT2D eigenvalue weighted by molar-refractivity contribution is -0.137. The Morgan fingerprint density at radius 1 is 1.25 bits per heavy atom. The second-order valence-corrected chi connectivity index (χ2v) is 6.98. The topological polar surface area (TPSA) is 76.5 Å². The molecule has 28 heavy (non-hydrogen) atoms. The van der Waals surface area contributed by atoms with Crippen molar-refractivity contribution in [2.45, 2.75) is 38.4 Å². The normalized spacial score (nSPS) is 19.1. The highest BCUT2D eigenvalue weighted by Gasteiger charge is 2.42. The molecule has 0 spiro atoms. The highest BCUT2D eigenvalue weighted by molar-refractivity contribution is 5.57. The zero-order chi connectivity index (χ0) is 20.3. The number of halogens is 4. The number of benzene rings is 1. The quantitative estimate of drug-likeness (QED) is 0.679. The first-order chi connectivity index (χ1) is 13.1. The molecule has 0 amide bonds. The van der Waals surface area contributed by atoms with E-state index in [-0.39, 0.29) is 11.1 Å². The fourth-order valence-corrected chi connectivity index (χ4v) is 3.67. The van der Waals surface area contributed by atoms with Gasteiger partial charge in [-0.3, -0.25) is 4.79 Å². The minimum Gasteiger partial charge on any atom is -0.311 e. The zero-order valence-corrected chi connectivity index (χ0v) is 14.9. The summed E-state index contributed by atoms with van der Waals surface area (Å²) in [6, 6.07) is 3.80. The molecule has 0 fully saturated rings. The van der Waals surface area contributed by atoms with Crippen molar-refractivity contribution in [2.24, 2.45) is 0 Å². The van der Waals surface area contributed by atoms with Crippen LogP contribution in [0, 0.1) is 12.7 Å². The van der Waals surface area contributed by atoms with Crippen LogP contribution < -0.4 is 5.56 Å². The van der Waals surface area contributed by atoms with Crippen molar-refractivity contribution in [1.82, 2.24) is 25.0 Å². The first kappa shape index (κ1) is 18.3. The Kier molecular flexibility index (Phi) is 3.91. The molecule has 3 heterocycles. The molecule has 3 aromatic rings. The van der Waals surface area contributed by atoms with Gasteiger partial charge in [0.15, 0.2) is 0 Å². The van der Waals surface area contributed by atoms with Crippen LogP contribution in [0.2, 0.25) is 0 Å². The standard InChI is InChI=1S/C18H15F4N5O/c1-9-23-13(8-15(28)24-9)16-14-5-6-17(2,27(14)26-25-16)11-4-3-10(7-12(11)19)18(20,21)22/h3-4,7-8H,5-6H2,1-2H3,(H,23,24,28). The molecule has 1 unspecified atom stereocenters. The predicted molar refractivity (Wildman–Crippen MR) is 91.1 cm³/mol. The van der Waals surface area contributed by atoms with Crippen LogP contribution in [0.25, 0.3) is 11.4 Å². The summed E-state index contributed by atoms with van der Waals surface area (Å²) in [6.07, 6.45) is -3.73. The number of hydrogen-bond acceptors (Lipinski definition) is 4. The van der Waals surface area contributed by atoms with Gasteiger partial charge in [-0.15, -0.1) is 5.10 Å². The molecule has 10 heteroatoms. The summed E-state index contributed by atoms with van der Waals surface area (Å²) in [5.41, 5.74) is -0.864. The maximum Gasteiger partial charge on any atom is 0.416 e. The third kappa shape index (κ3) is 2.79. The molecule has 0 saturated heterocycles. The molecule has 2 aromatic heterocycles. The van der Waals surface area contributed by atoms with E-state index < -0.39 is 23.1 Å². The van der Waals surface area contributed by atoms with Gasteiger partial charge in [-0.1, -0.05) is 11.3 Å². The molecule has 1 aliphatic rings. The largest absolute Gasteiger partial charge is 0.416 e. The molecule has 0 aliphatic carbocycles. The Hall–Kier alpha value is -3.04. The average Bonchev–Trinajstić information content (AvgIpc) is 3.15. The number of fused-ring (bicyclic) bond motifs is 1. The highest BCUT2D eigenvalue weighted by atomic mass is 19.4. The van der Waals surface area contributed by atoms with Gasteiger partial charge in [-0.05, 0) is 38.8 Å². The van der Waals surface area contributed by atoms with Crippen molar-refractivity contribution in [2.75, 3.05) is 0 Å². The predicted octanol–water partition coefficient (Wildman–Crippen LogP) is 3.20. The molecular weight excluding hydrogens is 378 g/mol. The van der Waals surface area contributed by atoms with Crippen LogP contribution in [0.3, 0.4) is 0 Å². The van der Waals surface area contributed by atoms with E-state index in [4.69, 9.17) is 0 Å². The molecule has 4 rings (SSSR count). The van der Waals surface area contributed by atoms with E-state index in [0.29, 0.717) is 41.8 Å². The molecule has 0 bridgehead atoms. The van der Waals surface area contributed by atoms with E-state index in [9.17, 15) is 22.4 Å². The minimum absolute atomic E-state index is 0.103. The smallest absolute Gasteiger partial charge is 0.311 e. The van der Waals surface area contributed by atoms with Crippen LogP contribution in [0.15, 0.2) is 29.1 Å². The number of aryl methyl sites for hydroxylation is 1. The fraction of sp³-hybridized carbons (Fsp3) is 0.333. The monoisotopic (exact) mass is 393 g/mol. The van der Waals surface area contributed by atoms with E-state index in [1.165, 1.54) is 10.7 Å². The van der Waals surface area contributed by atoms with Gasteiger partial charge in [-0.2, -0.15) is 13.2 Å². The summed E-state index contributed by atoms with van der Waals surface area (Å²) in [5, 5.41) is 8.19. The van der Waals surface area contributed by atoms with Crippen molar-refractivity contribution in [3.05, 3.63) is 63.1 Å². The molecule has 1 N–H and O–H groups in total. The Morgan fingerprint density at radius 3 is 2.64 bits per heavy atom. The lowest BCUT2D eigenvalue weighted by Gasteiger charge is -2.26. The van der Waals surface area contributed by atoms with E-state index in [0.717, 1.165) is 12.1 Å². The van der Waals surface area contributed by atoms with Gasteiger partial charge >= 0.3 is 6.18 Å². The number of nitrogens with zero attached hydrogens (tertiary/aromatic N) is 4. The number of rotatable bonds is 2. The molecule has 0 radical (unpaired) electrons. The summed E-state index contributed by atoms with van der Waals surface area (Å²) >= 11 is 0. The van der Waals surface area contributed by atoms with E-state index in [1.807, 2.05) is 0 Å². The number of H-pyrrole nitrogens is 1. The molecule has 1 aliphatic heterocycles. The maximum absolute atomic E-state index is 14.6. The third-order valence-electron chi connectivity index (χ3n) is 5.06. The van der Waals surface area contributed by atoms with Gasteiger partial charge in [0.1, 0.15) is 23.0 Å². The maximum atomic E-state index is 14.6. The number of hydrogen-bond donors (Lipinski definition) is 1. The van der Waals surface area contributed by atoms with Gasteiger partial charge in [0, 0.05) is 11.6 Å². The SMILES string of the molecule is Cc1nc(-c2nnn3c2CCC3(C)c2ccc(C(F)(F)F)cc2F)cc(=O)[nH]1. The lowest BCUT2D eigenvalue weighted by Crippen LogP contribution is -2.30. The number of nitrogens with one attached hydrogen (secondary N) is 1. The highest BCUT2D eigenvalue weighted by Crippen LogP contribution is 2.42. The molecule has 1 aromatic carbocycles. The van der Waals surface area contributed by atoms with Crippen LogP contribution in [-0.2, 0) is 18.1 Å². The average molecular weight is 393 g/mol. The Bertz CT molecular complexity index is 1130. The van der Waals surface area contributed by atoms with E-state index in [1.54, 1.807) is 13.8 Å². The lowest BCUT2D eigenvalue weighted by atomic mass is 9.89. The van der Waals surface area contributed by atoms with Crippen LogP contribution in [-0.4, -0.2) is 25.0 Å². The Balaban J connectivity index is 1.80. The van der Waals surface area contributed by atoms with Gasteiger partial charge < -0.3 is 4.98 Å². The van der Waals surface area contributed by atoms with Crippen molar-refractivity contribution in [1.29, 1.82) is 0 Å². The van der Waals surface area contributed by atoms with Crippen LogP contribution in [0.1, 0.15) is 36.0 Å². The second kappa shape index (κ2) is 5.98. The van der Waals surface area contributed by atoms with Gasteiger partial charge in [-0.25, -0.2) is 14.1 Å². The third-order valence-corrected chi connectivity index (χ3v) is 5.06. The van der Waals surface area contributed by atoms with E-state index in [2.05, 4.69) is 20.3 Å². The summed E-state index contributed by atoms with van der Waals surface area (Å²) < 4.78 is 54.6. The summed E-state index contributed by atoms with van der Waals surface area (Å²) in [6.45, 7) is 3.33. The minimum atomic E-state index is -4.62. The molecule has 146 valence electrons. The number of alkyl halides is 3. The summed E-state index contributed by atoms with van der Waals surface area (Å²) in [4.78, 5) is 18.5. The van der Waals surface area contributed by atoms with Crippen molar-refractivity contribution < 1.29 is 17.6 Å². The molecule has 0 saturated carbocycles. The Morgan fingerprint density at radius 2 is 2.00 bits per heavy atom. The van der Waals surface area contributed by atoms with Crippen LogP contribution in [0.4, 0.5) is 17.6 Å². The number of aromatic nitrogens is 5. The first-order valence-electron chi connectivity index (χ1n) is 8.50. The van der Waals surface area contributed by atoms with Gasteiger partial charge in [0.05, 0.1) is 16.8 Å². The number of aromatic amines is 1. The first-order valence-corrected chi connectivity index (χ1v) is 8.50. The summed E-state index contributed by atoms with van der Waals surface area (Å²) in [7, 11) is 0. The van der Waals surface area contributed by atoms with Crippen molar-refractivity contribution >= 4 is 0 Å². The summed E-state index contributed by atoms with van der Waals surface area (Å²) in [5.74, 6) is -0.536. The van der Waals surface area contributed by atoms with Gasteiger partial charge in [0.25, 0.3) is 5.56 Å². The Labute approximate surface area is 156 Å². The van der Waals surface area contributed by atoms with Gasteiger partial charge in [0.2, 0.25) is 0 Å². The molecule has 6 nitrogen and oxygen atoms in total. The fourth-order valence-electron chi connectivity index (χ4n) is 3.67. The van der Waals surface area contributed by atoms with Crippen molar-refractivity contribution in [3.63, 3.8) is 0 Å². The van der Waals surface area contributed by atoms with Crippen molar-refractivity contribution in [3.8, 4) is 11.4 Å². The molecular formula is C18H15F4N5O. The van der Waals surface area contributed by atoms with Crippen LogP contribution >= 0.6 is 0 Å². The second-order valence-electron chi connectivity index (χ2n) is 6.98. The molecule has 1 atom stereocenters.